The van der Waals surface area contributed by atoms with Gasteiger partial charge < -0.3 is 9.47 Å². The van der Waals surface area contributed by atoms with E-state index in [0.29, 0.717) is 11.1 Å². The highest BCUT2D eigenvalue weighted by molar-refractivity contribution is 5.86. The van der Waals surface area contributed by atoms with Gasteiger partial charge in [0.15, 0.2) is 5.75 Å². The molecular formula is C20H16N6O5. The Kier molecular flexibility index (Phi) is 6.22. The van der Waals surface area contributed by atoms with E-state index < -0.39 is 10.5 Å². The van der Waals surface area contributed by atoms with Gasteiger partial charge in [0.05, 0.1) is 37.1 Å². The van der Waals surface area contributed by atoms with Gasteiger partial charge in [-0.25, -0.2) is 10.4 Å². The van der Waals surface area contributed by atoms with Crippen LogP contribution in [0.2, 0.25) is 0 Å². The first kappa shape index (κ1) is 21.0. The minimum absolute atomic E-state index is 0.00643. The Morgan fingerprint density at radius 1 is 1.23 bits per heavy atom. The Morgan fingerprint density at radius 2 is 1.94 bits per heavy atom. The minimum atomic E-state index is -0.622. The van der Waals surface area contributed by atoms with Crippen LogP contribution in [0.5, 0.6) is 11.5 Å². The fourth-order valence-corrected chi connectivity index (χ4v) is 2.75. The standard InChI is InChI=1S/C20H16N6O5/c1-30-16-9-15(26(28)29)17(31-2)8-13(16)11-22-25-20-23-18(12-6-4-3-5-7-12)14(10-21)19(27)24-20/h3-9,11H,1-2H3,(H2,23,24,25,27). The number of nitriles is 1. The van der Waals surface area contributed by atoms with Crippen molar-refractivity contribution in [3.05, 3.63) is 74.1 Å². The normalized spacial score (nSPS) is 10.5. The lowest BCUT2D eigenvalue weighted by molar-refractivity contribution is -0.385. The number of nitrogens with zero attached hydrogens (tertiary/aromatic N) is 4. The van der Waals surface area contributed by atoms with Gasteiger partial charge in [-0.05, 0) is 6.07 Å². The van der Waals surface area contributed by atoms with Crippen LogP contribution in [-0.2, 0) is 0 Å². The molecule has 3 rings (SSSR count). The first-order valence-electron chi connectivity index (χ1n) is 8.77. The van der Waals surface area contributed by atoms with E-state index in [0.717, 1.165) is 0 Å². The molecule has 0 aliphatic carbocycles. The molecule has 0 bridgehead atoms. The maximum absolute atomic E-state index is 12.3. The van der Waals surface area contributed by atoms with Crippen LogP contribution in [0, 0.1) is 21.4 Å². The van der Waals surface area contributed by atoms with Crippen LogP contribution in [0.1, 0.15) is 11.1 Å². The molecule has 0 spiro atoms. The molecule has 1 heterocycles. The van der Waals surface area contributed by atoms with Gasteiger partial charge in [0, 0.05) is 11.1 Å². The van der Waals surface area contributed by atoms with E-state index in [9.17, 15) is 20.2 Å². The average Bonchev–Trinajstić information content (AvgIpc) is 2.78. The second-order valence-electron chi connectivity index (χ2n) is 6.01. The molecule has 2 aromatic carbocycles. The van der Waals surface area contributed by atoms with E-state index in [4.69, 9.17) is 9.47 Å². The SMILES string of the molecule is COc1cc([N+](=O)[O-])c(OC)cc1C=NNc1nc(-c2ccccc2)c(C#N)c(=O)[nH]1. The lowest BCUT2D eigenvalue weighted by Crippen LogP contribution is -2.16. The van der Waals surface area contributed by atoms with E-state index in [1.54, 1.807) is 30.3 Å². The van der Waals surface area contributed by atoms with Gasteiger partial charge in [-0.1, -0.05) is 30.3 Å². The third-order valence-corrected chi connectivity index (χ3v) is 4.18. The van der Waals surface area contributed by atoms with E-state index in [1.807, 2.05) is 6.07 Å². The molecule has 0 saturated heterocycles. The zero-order valence-electron chi connectivity index (χ0n) is 16.4. The predicted molar refractivity (Wildman–Crippen MR) is 112 cm³/mol. The Labute approximate surface area is 175 Å². The first-order chi connectivity index (χ1) is 15.0. The number of methoxy groups -OCH3 is 2. The molecule has 0 amide bonds. The van der Waals surface area contributed by atoms with E-state index in [-0.39, 0.29) is 34.4 Å². The van der Waals surface area contributed by atoms with Crippen LogP contribution in [0.4, 0.5) is 11.6 Å². The van der Waals surface area contributed by atoms with Gasteiger partial charge in [-0.3, -0.25) is 19.9 Å². The number of hydrogen-bond donors (Lipinski definition) is 2. The largest absolute Gasteiger partial charge is 0.496 e. The quantitative estimate of drug-likeness (QED) is 0.336. The van der Waals surface area contributed by atoms with Crippen molar-refractivity contribution in [2.24, 2.45) is 5.10 Å². The van der Waals surface area contributed by atoms with Crippen molar-refractivity contribution in [3.63, 3.8) is 0 Å². The van der Waals surface area contributed by atoms with Gasteiger partial charge in [0.25, 0.3) is 5.56 Å². The second kappa shape index (κ2) is 9.19. The molecule has 0 atom stereocenters. The van der Waals surface area contributed by atoms with Crippen LogP contribution in [0.25, 0.3) is 11.3 Å². The van der Waals surface area contributed by atoms with E-state index >= 15 is 0 Å². The maximum Gasteiger partial charge on any atom is 0.314 e. The molecule has 0 saturated carbocycles. The number of aromatic amines is 1. The molecule has 0 aliphatic heterocycles. The van der Waals surface area contributed by atoms with Crippen molar-refractivity contribution in [1.29, 1.82) is 5.26 Å². The number of hydrogen-bond acceptors (Lipinski definition) is 9. The number of hydrazone groups is 1. The van der Waals surface area contributed by atoms with Gasteiger partial charge in [-0.15, -0.1) is 0 Å². The van der Waals surface area contributed by atoms with Crippen molar-refractivity contribution >= 4 is 17.9 Å². The van der Waals surface area contributed by atoms with Crippen molar-refractivity contribution < 1.29 is 14.4 Å². The number of anilines is 1. The number of rotatable bonds is 7. The molecule has 156 valence electrons. The summed E-state index contributed by atoms with van der Waals surface area (Å²) in [4.78, 5) is 29.5. The Morgan fingerprint density at radius 3 is 2.55 bits per heavy atom. The average molecular weight is 420 g/mol. The van der Waals surface area contributed by atoms with E-state index in [2.05, 4.69) is 20.5 Å². The van der Waals surface area contributed by atoms with Crippen LogP contribution < -0.4 is 20.5 Å². The lowest BCUT2D eigenvalue weighted by atomic mass is 10.1. The first-order valence-corrected chi connectivity index (χ1v) is 8.77. The third-order valence-electron chi connectivity index (χ3n) is 4.18. The summed E-state index contributed by atoms with van der Waals surface area (Å²) in [5, 5.41) is 24.5. The van der Waals surface area contributed by atoms with Crippen molar-refractivity contribution in [2.75, 3.05) is 19.6 Å². The molecule has 0 radical (unpaired) electrons. The molecule has 1 aromatic heterocycles. The number of aromatic nitrogens is 2. The van der Waals surface area contributed by atoms with Crippen LogP contribution in [-0.4, -0.2) is 35.3 Å². The lowest BCUT2D eigenvalue weighted by Gasteiger charge is -2.08. The fraction of sp³-hybridized carbons (Fsp3) is 0.100. The van der Waals surface area contributed by atoms with Gasteiger partial charge >= 0.3 is 5.69 Å². The van der Waals surface area contributed by atoms with Crippen molar-refractivity contribution in [2.45, 2.75) is 0 Å². The Bertz CT molecular complexity index is 1250. The molecule has 11 heteroatoms. The highest BCUT2D eigenvalue weighted by Gasteiger charge is 2.19. The molecule has 3 aromatic rings. The summed E-state index contributed by atoms with van der Waals surface area (Å²) < 4.78 is 10.2. The third kappa shape index (κ3) is 4.48. The summed E-state index contributed by atoms with van der Waals surface area (Å²) in [6.07, 6.45) is 1.32. The molecule has 0 aliphatic rings. The highest BCUT2D eigenvalue weighted by atomic mass is 16.6. The number of nitrogens with one attached hydrogen (secondary N) is 2. The number of nitro groups is 1. The van der Waals surface area contributed by atoms with E-state index in [1.165, 1.54) is 32.6 Å². The summed E-state index contributed by atoms with van der Waals surface area (Å²) in [6, 6.07) is 13.2. The van der Waals surface area contributed by atoms with Gasteiger partial charge in [0.1, 0.15) is 17.4 Å². The Hall–Kier alpha value is -4.72. The summed E-state index contributed by atoms with van der Waals surface area (Å²) in [6.45, 7) is 0. The Balaban J connectivity index is 1.95. The zero-order valence-corrected chi connectivity index (χ0v) is 16.4. The molecular weight excluding hydrogens is 404 g/mol. The number of nitro benzene ring substituents is 1. The summed E-state index contributed by atoms with van der Waals surface area (Å²) >= 11 is 0. The van der Waals surface area contributed by atoms with Crippen LogP contribution >= 0.6 is 0 Å². The molecule has 31 heavy (non-hydrogen) atoms. The highest BCUT2D eigenvalue weighted by Crippen LogP contribution is 2.33. The topological polar surface area (TPSA) is 156 Å². The monoisotopic (exact) mass is 420 g/mol. The summed E-state index contributed by atoms with van der Waals surface area (Å²) in [5.41, 5.74) is 2.78. The smallest absolute Gasteiger partial charge is 0.314 e. The fourth-order valence-electron chi connectivity index (χ4n) is 2.75. The summed E-state index contributed by atoms with van der Waals surface area (Å²) in [7, 11) is 2.67. The van der Waals surface area contributed by atoms with Crippen molar-refractivity contribution in [3.8, 4) is 28.8 Å². The zero-order chi connectivity index (χ0) is 22.4. The molecule has 2 N–H and O–H groups in total. The molecule has 0 unspecified atom stereocenters. The molecule has 0 fully saturated rings. The second-order valence-corrected chi connectivity index (χ2v) is 6.01. The predicted octanol–water partition coefficient (Wildman–Crippen LogP) is 2.68. The number of ether oxygens (including phenoxy) is 2. The van der Waals surface area contributed by atoms with Gasteiger partial charge in [-0.2, -0.15) is 10.4 Å². The number of benzene rings is 2. The molecule has 11 nitrogen and oxygen atoms in total. The minimum Gasteiger partial charge on any atom is -0.496 e. The van der Waals surface area contributed by atoms with Crippen LogP contribution in [0.15, 0.2) is 52.4 Å². The van der Waals surface area contributed by atoms with Crippen LogP contribution in [0.3, 0.4) is 0 Å². The van der Waals surface area contributed by atoms with Gasteiger partial charge in [0.2, 0.25) is 5.95 Å². The number of H-pyrrole nitrogens is 1. The maximum atomic E-state index is 12.3. The van der Waals surface area contributed by atoms with Crippen molar-refractivity contribution in [1.82, 2.24) is 9.97 Å². The summed E-state index contributed by atoms with van der Waals surface area (Å²) in [5.74, 6) is 0.236.